The molecule has 4 aromatic rings. The highest BCUT2D eigenvalue weighted by atomic mass is 35.5. The van der Waals surface area contributed by atoms with E-state index >= 15 is 0 Å². The number of aryl methyl sites for hydroxylation is 1. The topological polar surface area (TPSA) is 69.9 Å². The number of rotatable bonds is 6. The van der Waals surface area contributed by atoms with E-state index in [1.165, 1.54) is 12.1 Å². The fourth-order valence-electron chi connectivity index (χ4n) is 4.83. The van der Waals surface area contributed by atoms with Crippen molar-refractivity contribution in [2.75, 3.05) is 18.0 Å². The number of aliphatic hydroxyl groups is 1. The van der Waals surface area contributed by atoms with Crippen LogP contribution in [0.4, 0.5) is 10.1 Å². The third-order valence-electron chi connectivity index (χ3n) is 6.94. The Morgan fingerprint density at radius 3 is 2.47 bits per heavy atom. The number of piperidine rings is 1. The van der Waals surface area contributed by atoms with Crippen molar-refractivity contribution in [1.29, 1.82) is 0 Å². The lowest BCUT2D eigenvalue weighted by Gasteiger charge is -2.39. The Kier molecular flexibility index (Phi) is 6.69. The summed E-state index contributed by atoms with van der Waals surface area (Å²) in [5.74, 6) is -0.479. The number of benzene rings is 2. The molecule has 36 heavy (non-hydrogen) atoms. The van der Waals surface area contributed by atoms with Crippen molar-refractivity contribution in [3.63, 3.8) is 0 Å². The molecule has 0 radical (unpaired) electrons. The lowest BCUT2D eigenvalue weighted by Crippen LogP contribution is -2.42. The van der Waals surface area contributed by atoms with Crippen molar-refractivity contribution in [2.24, 2.45) is 0 Å². The molecule has 0 saturated carbocycles. The first-order valence-corrected chi connectivity index (χ1v) is 12.5. The fourth-order valence-corrected chi connectivity index (χ4v) is 4.98. The van der Waals surface area contributed by atoms with Crippen molar-refractivity contribution in [3.8, 4) is 0 Å². The Morgan fingerprint density at radius 2 is 1.81 bits per heavy atom. The normalized spacial score (nSPS) is 15.3. The van der Waals surface area contributed by atoms with E-state index < -0.39 is 5.60 Å². The average molecular weight is 507 g/mol. The van der Waals surface area contributed by atoms with Crippen molar-refractivity contribution >= 4 is 28.8 Å². The standard InChI is InChI=1S/C28H28ClFN4O2/c1-2-24-26(34-14-11-21(29)17-25(34)32-24)27(35)31-18-19-3-9-23(10-4-19)33-15-12-28(36,13-16-33)20-5-7-22(30)8-6-20/h3-11,14,17,36H,2,12-13,15-16,18H2,1H3,(H,31,35). The smallest absolute Gasteiger partial charge is 0.270 e. The highest BCUT2D eigenvalue weighted by molar-refractivity contribution is 6.30. The number of nitrogens with one attached hydrogen (secondary N) is 1. The van der Waals surface area contributed by atoms with Gasteiger partial charge in [0, 0.05) is 42.6 Å². The van der Waals surface area contributed by atoms with E-state index in [-0.39, 0.29) is 11.7 Å². The number of halogens is 2. The summed E-state index contributed by atoms with van der Waals surface area (Å²) in [6, 6.07) is 17.7. The average Bonchev–Trinajstić information content (AvgIpc) is 3.26. The second kappa shape index (κ2) is 9.91. The van der Waals surface area contributed by atoms with Crippen LogP contribution in [-0.4, -0.2) is 33.5 Å². The molecule has 186 valence electrons. The van der Waals surface area contributed by atoms with Gasteiger partial charge in [0.1, 0.15) is 17.2 Å². The van der Waals surface area contributed by atoms with Gasteiger partial charge in [0.05, 0.1) is 11.3 Å². The number of aromatic nitrogens is 2. The van der Waals surface area contributed by atoms with Crippen LogP contribution >= 0.6 is 11.6 Å². The van der Waals surface area contributed by atoms with Crippen LogP contribution in [0, 0.1) is 5.82 Å². The summed E-state index contributed by atoms with van der Waals surface area (Å²) in [4.78, 5) is 19.8. The number of carbonyl (C=O) groups excluding carboxylic acids is 1. The van der Waals surface area contributed by atoms with Crippen LogP contribution < -0.4 is 10.2 Å². The third kappa shape index (κ3) is 4.81. The number of imidazole rings is 1. The van der Waals surface area contributed by atoms with E-state index in [0.29, 0.717) is 55.3 Å². The first-order chi connectivity index (χ1) is 17.4. The summed E-state index contributed by atoms with van der Waals surface area (Å²) in [6.45, 7) is 3.76. The number of hydrogen-bond donors (Lipinski definition) is 2. The SMILES string of the molecule is CCc1nc2cc(Cl)ccn2c1C(=O)NCc1ccc(N2CCC(O)(c3ccc(F)cc3)CC2)cc1. The zero-order valence-electron chi connectivity index (χ0n) is 20.0. The first kappa shape index (κ1) is 24.3. The number of anilines is 1. The zero-order chi connectivity index (χ0) is 25.3. The maximum absolute atomic E-state index is 13.3. The molecule has 0 spiro atoms. The molecule has 0 bridgehead atoms. The number of hydrogen-bond acceptors (Lipinski definition) is 4. The quantitative estimate of drug-likeness (QED) is 0.381. The number of carbonyl (C=O) groups is 1. The van der Waals surface area contributed by atoms with Gasteiger partial charge in [-0.05, 0) is 60.7 Å². The lowest BCUT2D eigenvalue weighted by molar-refractivity contribution is 0.0117. The lowest BCUT2D eigenvalue weighted by atomic mass is 9.84. The molecule has 1 saturated heterocycles. The van der Waals surface area contributed by atoms with Crippen molar-refractivity contribution in [1.82, 2.24) is 14.7 Å². The molecule has 0 unspecified atom stereocenters. The van der Waals surface area contributed by atoms with Crippen molar-refractivity contribution < 1.29 is 14.3 Å². The maximum atomic E-state index is 13.3. The first-order valence-electron chi connectivity index (χ1n) is 12.1. The van der Waals surface area contributed by atoms with E-state index in [1.807, 2.05) is 31.2 Å². The van der Waals surface area contributed by atoms with Gasteiger partial charge in [-0.2, -0.15) is 0 Å². The highest BCUT2D eigenvalue weighted by Crippen LogP contribution is 2.34. The van der Waals surface area contributed by atoms with Gasteiger partial charge in [-0.25, -0.2) is 9.37 Å². The van der Waals surface area contributed by atoms with E-state index in [0.717, 1.165) is 22.5 Å². The van der Waals surface area contributed by atoms with Gasteiger partial charge in [-0.15, -0.1) is 0 Å². The van der Waals surface area contributed by atoms with Crippen LogP contribution in [0.3, 0.4) is 0 Å². The molecule has 8 heteroatoms. The maximum Gasteiger partial charge on any atom is 0.270 e. The monoisotopic (exact) mass is 506 g/mol. The molecule has 0 aliphatic carbocycles. The molecule has 1 fully saturated rings. The molecule has 0 atom stereocenters. The van der Waals surface area contributed by atoms with E-state index in [1.54, 1.807) is 34.9 Å². The highest BCUT2D eigenvalue weighted by Gasteiger charge is 2.34. The summed E-state index contributed by atoms with van der Waals surface area (Å²) in [5, 5.41) is 14.6. The van der Waals surface area contributed by atoms with Gasteiger partial charge in [0.2, 0.25) is 0 Å². The molecule has 2 N–H and O–H groups in total. The Labute approximate surface area is 214 Å². The Morgan fingerprint density at radius 1 is 1.11 bits per heavy atom. The van der Waals surface area contributed by atoms with Crippen molar-refractivity contribution in [2.45, 2.75) is 38.3 Å². The molecule has 3 heterocycles. The number of fused-ring (bicyclic) bond motifs is 1. The van der Waals surface area contributed by atoms with Crippen LogP contribution in [-0.2, 0) is 18.6 Å². The minimum atomic E-state index is -0.936. The van der Waals surface area contributed by atoms with Crippen LogP contribution in [0.2, 0.25) is 5.02 Å². The molecule has 1 aliphatic rings. The van der Waals surface area contributed by atoms with Gasteiger partial charge in [-0.3, -0.25) is 9.20 Å². The molecule has 6 nitrogen and oxygen atoms in total. The Hall–Kier alpha value is -3.42. The van der Waals surface area contributed by atoms with Gasteiger partial charge >= 0.3 is 0 Å². The minimum absolute atomic E-state index is 0.179. The Bertz CT molecular complexity index is 1380. The summed E-state index contributed by atoms with van der Waals surface area (Å²) >= 11 is 6.08. The molecular weight excluding hydrogens is 479 g/mol. The minimum Gasteiger partial charge on any atom is -0.385 e. The second-order valence-electron chi connectivity index (χ2n) is 9.21. The molecular formula is C28H28ClFN4O2. The zero-order valence-corrected chi connectivity index (χ0v) is 20.8. The number of amides is 1. The van der Waals surface area contributed by atoms with Gasteiger partial charge in [-0.1, -0.05) is 42.8 Å². The van der Waals surface area contributed by atoms with Crippen LogP contribution in [0.25, 0.3) is 5.65 Å². The summed E-state index contributed by atoms with van der Waals surface area (Å²) in [6.07, 6.45) is 3.55. The second-order valence-corrected chi connectivity index (χ2v) is 9.64. The molecule has 1 aliphatic heterocycles. The van der Waals surface area contributed by atoms with Gasteiger partial charge in [0.25, 0.3) is 5.91 Å². The number of pyridine rings is 1. The van der Waals surface area contributed by atoms with Crippen molar-refractivity contribution in [3.05, 3.63) is 100 Å². The predicted octanol–water partition coefficient (Wildman–Crippen LogP) is 5.11. The fraction of sp³-hybridized carbons (Fsp3) is 0.286. The summed E-state index contributed by atoms with van der Waals surface area (Å²) in [5.41, 5.74) is 3.80. The molecule has 2 aromatic heterocycles. The molecule has 2 aromatic carbocycles. The van der Waals surface area contributed by atoms with Gasteiger partial charge in [0.15, 0.2) is 0 Å². The van der Waals surface area contributed by atoms with Crippen LogP contribution in [0.5, 0.6) is 0 Å². The van der Waals surface area contributed by atoms with Crippen LogP contribution in [0.15, 0.2) is 66.9 Å². The van der Waals surface area contributed by atoms with Gasteiger partial charge < -0.3 is 15.3 Å². The molecule has 5 rings (SSSR count). The van der Waals surface area contributed by atoms with E-state index in [4.69, 9.17) is 11.6 Å². The van der Waals surface area contributed by atoms with Crippen LogP contribution in [0.1, 0.15) is 47.1 Å². The summed E-state index contributed by atoms with van der Waals surface area (Å²) in [7, 11) is 0. The predicted molar refractivity (Wildman–Crippen MR) is 139 cm³/mol. The van der Waals surface area contributed by atoms with E-state index in [2.05, 4.69) is 15.2 Å². The third-order valence-corrected chi connectivity index (χ3v) is 7.17. The van der Waals surface area contributed by atoms with E-state index in [9.17, 15) is 14.3 Å². The Balaban J connectivity index is 1.21. The molecule has 1 amide bonds. The number of nitrogens with zero attached hydrogens (tertiary/aromatic N) is 3. The summed E-state index contributed by atoms with van der Waals surface area (Å²) < 4.78 is 15.0. The largest absolute Gasteiger partial charge is 0.385 e.